The molecule has 0 saturated carbocycles. The topological polar surface area (TPSA) is 44.6 Å². The van der Waals surface area contributed by atoms with E-state index in [0.29, 0.717) is 16.3 Å². The number of anilines is 1. The lowest BCUT2D eigenvalue weighted by atomic mass is 10.1. The Bertz CT molecular complexity index is 567. The molecule has 0 bridgehead atoms. The maximum absolute atomic E-state index is 9.74. The second kappa shape index (κ2) is 5.56. The van der Waals surface area contributed by atoms with Gasteiger partial charge in [-0.1, -0.05) is 29.8 Å². The van der Waals surface area contributed by atoms with Crippen molar-refractivity contribution in [3.63, 3.8) is 0 Å². The number of hydrazone groups is 1. The van der Waals surface area contributed by atoms with Gasteiger partial charge in [0.05, 0.1) is 11.4 Å². The number of phenols is 1. The van der Waals surface area contributed by atoms with E-state index in [4.69, 9.17) is 11.6 Å². The van der Waals surface area contributed by atoms with Gasteiger partial charge >= 0.3 is 0 Å². The summed E-state index contributed by atoms with van der Waals surface area (Å²) < 4.78 is 0. The third-order valence-corrected chi connectivity index (χ3v) is 2.71. The van der Waals surface area contributed by atoms with Gasteiger partial charge in [0.25, 0.3) is 0 Å². The number of phenolic OH excluding ortho intramolecular Hbond substituents is 1. The fourth-order valence-corrected chi connectivity index (χ4v) is 1.69. The maximum Gasteiger partial charge on any atom is 0.124 e. The molecule has 0 fully saturated rings. The van der Waals surface area contributed by atoms with E-state index in [9.17, 15) is 5.11 Å². The lowest BCUT2D eigenvalue weighted by molar-refractivity contribution is 0.474. The van der Waals surface area contributed by atoms with E-state index < -0.39 is 0 Å². The Kier molecular flexibility index (Phi) is 3.85. The molecule has 0 saturated heterocycles. The highest BCUT2D eigenvalue weighted by Gasteiger charge is 2.05. The average molecular weight is 261 g/mol. The molecule has 2 N–H and O–H groups in total. The zero-order valence-electron chi connectivity index (χ0n) is 9.89. The average Bonchev–Trinajstić information content (AvgIpc) is 2.40. The molecule has 0 spiro atoms. The SMILES string of the molecule is CC(=NNc1ccccc1)c1cc(Cl)ccc1O. The lowest BCUT2D eigenvalue weighted by Gasteiger charge is -2.06. The standard InChI is InChI=1S/C14H13ClN2O/c1-10(13-9-11(15)7-8-14(13)18)16-17-12-5-3-2-4-6-12/h2-9,17-18H,1H3. The summed E-state index contributed by atoms with van der Waals surface area (Å²) in [4.78, 5) is 0. The molecule has 0 unspecified atom stereocenters. The molecule has 3 nitrogen and oxygen atoms in total. The van der Waals surface area contributed by atoms with Gasteiger partial charge in [0.2, 0.25) is 0 Å². The van der Waals surface area contributed by atoms with Crippen molar-refractivity contribution in [3.8, 4) is 5.75 Å². The van der Waals surface area contributed by atoms with Crippen molar-refractivity contribution in [2.24, 2.45) is 5.10 Å². The monoisotopic (exact) mass is 260 g/mol. The van der Waals surface area contributed by atoms with E-state index >= 15 is 0 Å². The van der Waals surface area contributed by atoms with E-state index in [0.717, 1.165) is 5.69 Å². The number of nitrogens with zero attached hydrogens (tertiary/aromatic N) is 1. The molecule has 2 aromatic rings. The van der Waals surface area contributed by atoms with Crippen LogP contribution in [0.15, 0.2) is 53.6 Å². The highest BCUT2D eigenvalue weighted by Crippen LogP contribution is 2.22. The van der Waals surface area contributed by atoms with Crippen molar-refractivity contribution in [1.29, 1.82) is 0 Å². The summed E-state index contributed by atoms with van der Waals surface area (Å²) in [7, 11) is 0. The molecule has 0 aromatic heterocycles. The number of hydrogen-bond acceptors (Lipinski definition) is 3. The summed E-state index contributed by atoms with van der Waals surface area (Å²) in [6, 6.07) is 14.5. The van der Waals surface area contributed by atoms with Crippen LogP contribution in [0.25, 0.3) is 0 Å². The van der Waals surface area contributed by atoms with Crippen molar-refractivity contribution in [3.05, 3.63) is 59.1 Å². The van der Waals surface area contributed by atoms with Gasteiger partial charge in [-0.2, -0.15) is 5.10 Å². The quantitative estimate of drug-likeness (QED) is 0.650. The molecule has 18 heavy (non-hydrogen) atoms. The Morgan fingerprint density at radius 1 is 1.17 bits per heavy atom. The van der Waals surface area contributed by atoms with Gasteiger partial charge in [-0.25, -0.2) is 0 Å². The summed E-state index contributed by atoms with van der Waals surface area (Å²) in [5.74, 6) is 0.163. The van der Waals surface area contributed by atoms with Crippen LogP contribution in [0.1, 0.15) is 12.5 Å². The van der Waals surface area contributed by atoms with Gasteiger partial charge in [0.15, 0.2) is 0 Å². The van der Waals surface area contributed by atoms with E-state index in [1.807, 2.05) is 30.3 Å². The smallest absolute Gasteiger partial charge is 0.124 e. The number of benzene rings is 2. The summed E-state index contributed by atoms with van der Waals surface area (Å²) in [6.07, 6.45) is 0. The molecule has 0 radical (unpaired) electrons. The van der Waals surface area contributed by atoms with E-state index in [1.54, 1.807) is 25.1 Å². The molecule has 92 valence electrons. The Morgan fingerprint density at radius 2 is 1.89 bits per heavy atom. The number of nitrogens with one attached hydrogen (secondary N) is 1. The molecule has 0 aliphatic heterocycles. The van der Waals surface area contributed by atoms with E-state index in [-0.39, 0.29) is 5.75 Å². The lowest BCUT2D eigenvalue weighted by Crippen LogP contribution is -2.00. The van der Waals surface area contributed by atoms with Gasteiger partial charge in [0, 0.05) is 10.6 Å². The number of hydrogen-bond donors (Lipinski definition) is 2. The summed E-state index contributed by atoms with van der Waals surface area (Å²) in [6.45, 7) is 1.81. The van der Waals surface area contributed by atoms with Crippen molar-refractivity contribution in [2.45, 2.75) is 6.92 Å². The number of rotatable bonds is 3. The molecule has 2 rings (SSSR count). The summed E-state index contributed by atoms with van der Waals surface area (Å²) in [5.41, 5.74) is 5.09. The molecule has 0 heterocycles. The molecule has 0 atom stereocenters. The summed E-state index contributed by atoms with van der Waals surface area (Å²) >= 11 is 5.89. The molecule has 2 aromatic carbocycles. The highest BCUT2D eigenvalue weighted by atomic mass is 35.5. The minimum atomic E-state index is 0.163. The van der Waals surface area contributed by atoms with Gasteiger partial charge < -0.3 is 5.11 Å². The van der Waals surface area contributed by atoms with E-state index in [2.05, 4.69) is 10.5 Å². The van der Waals surface area contributed by atoms with Gasteiger partial charge in [-0.3, -0.25) is 5.43 Å². The van der Waals surface area contributed by atoms with Crippen LogP contribution in [-0.4, -0.2) is 10.8 Å². The predicted octanol–water partition coefficient (Wildman–Crippen LogP) is 3.88. The normalized spacial score (nSPS) is 11.3. The van der Waals surface area contributed by atoms with Gasteiger partial charge in [-0.05, 0) is 37.3 Å². The number of halogens is 1. The van der Waals surface area contributed by atoms with Crippen LogP contribution >= 0.6 is 11.6 Å². The second-order valence-electron chi connectivity index (χ2n) is 3.84. The Morgan fingerprint density at radius 3 is 2.61 bits per heavy atom. The molecule has 0 amide bonds. The van der Waals surface area contributed by atoms with Crippen molar-refractivity contribution in [1.82, 2.24) is 0 Å². The fourth-order valence-electron chi connectivity index (χ4n) is 1.52. The fraction of sp³-hybridized carbons (Fsp3) is 0.0714. The molecule has 4 heteroatoms. The van der Waals surface area contributed by atoms with Crippen molar-refractivity contribution in [2.75, 3.05) is 5.43 Å². The first-order valence-electron chi connectivity index (χ1n) is 5.51. The summed E-state index contributed by atoms with van der Waals surface area (Å²) in [5, 5.41) is 14.5. The third-order valence-electron chi connectivity index (χ3n) is 2.47. The number of aromatic hydroxyl groups is 1. The molecule has 0 aliphatic carbocycles. The zero-order chi connectivity index (χ0) is 13.0. The predicted molar refractivity (Wildman–Crippen MR) is 75.4 cm³/mol. The van der Waals surface area contributed by atoms with Crippen molar-refractivity contribution < 1.29 is 5.11 Å². The Labute approximate surface area is 111 Å². The Balaban J connectivity index is 2.20. The largest absolute Gasteiger partial charge is 0.507 e. The zero-order valence-corrected chi connectivity index (χ0v) is 10.6. The van der Waals surface area contributed by atoms with Crippen LogP contribution in [0, 0.1) is 0 Å². The van der Waals surface area contributed by atoms with Crippen molar-refractivity contribution >= 4 is 23.0 Å². The highest BCUT2D eigenvalue weighted by molar-refractivity contribution is 6.31. The first kappa shape index (κ1) is 12.5. The molecular weight excluding hydrogens is 248 g/mol. The van der Waals surface area contributed by atoms with Crippen LogP contribution in [-0.2, 0) is 0 Å². The van der Waals surface area contributed by atoms with Crippen LogP contribution in [0.2, 0.25) is 5.02 Å². The van der Waals surface area contributed by atoms with Crippen LogP contribution in [0.4, 0.5) is 5.69 Å². The minimum Gasteiger partial charge on any atom is -0.507 e. The number of para-hydroxylation sites is 1. The molecule has 0 aliphatic rings. The van der Waals surface area contributed by atoms with Crippen LogP contribution in [0.3, 0.4) is 0 Å². The van der Waals surface area contributed by atoms with Gasteiger partial charge in [0.1, 0.15) is 5.75 Å². The molecular formula is C14H13ClN2O. The Hall–Kier alpha value is -2.00. The van der Waals surface area contributed by atoms with Gasteiger partial charge in [-0.15, -0.1) is 0 Å². The first-order valence-corrected chi connectivity index (χ1v) is 5.89. The second-order valence-corrected chi connectivity index (χ2v) is 4.27. The van der Waals surface area contributed by atoms with Crippen LogP contribution < -0.4 is 5.43 Å². The maximum atomic E-state index is 9.74. The van der Waals surface area contributed by atoms with Crippen LogP contribution in [0.5, 0.6) is 5.75 Å². The van der Waals surface area contributed by atoms with E-state index in [1.165, 1.54) is 0 Å². The first-order chi connectivity index (χ1) is 8.66. The third kappa shape index (κ3) is 3.02. The minimum absolute atomic E-state index is 0.163.